The highest BCUT2D eigenvalue weighted by Gasteiger charge is 2.21. The first-order valence-corrected chi connectivity index (χ1v) is 13.0. The van der Waals surface area contributed by atoms with Gasteiger partial charge < -0.3 is 9.53 Å². The van der Waals surface area contributed by atoms with E-state index in [0.717, 1.165) is 24.5 Å². The van der Waals surface area contributed by atoms with Crippen LogP contribution in [0.4, 0.5) is 10.1 Å². The van der Waals surface area contributed by atoms with E-state index in [1.807, 2.05) is 0 Å². The maximum Gasteiger partial charge on any atom is 0.263 e. The number of rotatable bonds is 9. The number of ether oxygens (including phenoxy) is 1. The molecule has 4 rings (SSSR count). The first kappa shape index (κ1) is 26.2. The molecule has 0 aliphatic rings. The van der Waals surface area contributed by atoms with E-state index in [1.54, 1.807) is 25.1 Å². The Hall–Kier alpha value is -3.83. The van der Waals surface area contributed by atoms with Crippen LogP contribution in [0.15, 0.2) is 64.7 Å². The molecule has 12 heteroatoms. The average Bonchev–Trinajstić information content (AvgIpc) is 2.87. The standard InChI is InChI=1S/C25H22ClFN4O5S/c1-15(13-32)7-8-31-14-29-21-5-3-16(9-19(21)25(31)33)17-10-22(24(36-2)28-12-17)30-37(34,35)23-6-4-18(27)11-20(23)26/h3-6,9-15,30H,7-8H2,1-2H3. The van der Waals surface area contributed by atoms with Crippen molar-refractivity contribution in [3.8, 4) is 17.0 Å². The molecule has 1 N–H and O–H groups in total. The zero-order valence-electron chi connectivity index (χ0n) is 19.8. The fourth-order valence-electron chi connectivity index (χ4n) is 3.65. The van der Waals surface area contributed by atoms with Crippen molar-refractivity contribution >= 4 is 44.5 Å². The Bertz CT molecular complexity index is 1660. The van der Waals surface area contributed by atoms with Gasteiger partial charge >= 0.3 is 0 Å². The van der Waals surface area contributed by atoms with Crippen LogP contribution in [0.3, 0.4) is 0 Å². The minimum Gasteiger partial charge on any atom is -0.480 e. The largest absolute Gasteiger partial charge is 0.480 e. The summed E-state index contributed by atoms with van der Waals surface area (Å²) in [6, 6.07) is 9.49. The fraction of sp³-hybridized carbons (Fsp3) is 0.200. The van der Waals surface area contributed by atoms with Crippen LogP contribution in [0.5, 0.6) is 5.88 Å². The fourth-order valence-corrected chi connectivity index (χ4v) is 5.23. The molecule has 0 radical (unpaired) electrons. The van der Waals surface area contributed by atoms with Gasteiger partial charge in [0.1, 0.15) is 22.7 Å². The molecule has 4 aromatic rings. The predicted octanol–water partition coefficient (Wildman–Crippen LogP) is 4.29. The molecule has 0 fully saturated rings. The molecule has 0 saturated heterocycles. The third kappa shape index (κ3) is 5.62. The number of aryl methyl sites for hydroxylation is 1. The van der Waals surface area contributed by atoms with Gasteiger partial charge in [-0.2, -0.15) is 0 Å². The van der Waals surface area contributed by atoms with Gasteiger partial charge in [-0.05, 0) is 48.4 Å². The van der Waals surface area contributed by atoms with Crippen molar-refractivity contribution in [2.45, 2.75) is 24.8 Å². The molecule has 192 valence electrons. The Morgan fingerprint density at radius 1 is 1.16 bits per heavy atom. The van der Waals surface area contributed by atoms with Crippen LogP contribution in [-0.4, -0.2) is 36.3 Å². The van der Waals surface area contributed by atoms with Gasteiger partial charge in [0.25, 0.3) is 15.6 Å². The molecule has 0 saturated carbocycles. The molecule has 0 amide bonds. The summed E-state index contributed by atoms with van der Waals surface area (Å²) in [6.45, 7) is 2.12. The second-order valence-electron chi connectivity index (χ2n) is 8.34. The molecule has 2 aromatic carbocycles. The quantitative estimate of drug-likeness (QED) is 0.312. The molecule has 0 bridgehead atoms. The third-order valence-corrected chi connectivity index (χ3v) is 7.54. The van der Waals surface area contributed by atoms with Crippen molar-refractivity contribution in [2.75, 3.05) is 11.8 Å². The summed E-state index contributed by atoms with van der Waals surface area (Å²) < 4.78 is 48.4. The summed E-state index contributed by atoms with van der Waals surface area (Å²) in [5.41, 5.74) is 1.32. The number of hydrogen-bond acceptors (Lipinski definition) is 7. The molecule has 2 heterocycles. The van der Waals surface area contributed by atoms with Gasteiger partial charge in [-0.15, -0.1) is 0 Å². The molecule has 9 nitrogen and oxygen atoms in total. The lowest BCUT2D eigenvalue weighted by atomic mass is 10.0. The number of nitrogens with one attached hydrogen (secondary N) is 1. The van der Waals surface area contributed by atoms with Crippen LogP contribution in [-0.2, 0) is 21.4 Å². The van der Waals surface area contributed by atoms with Gasteiger partial charge in [0, 0.05) is 24.2 Å². The average molecular weight is 545 g/mol. The number of nitrogens with zero attached hydrogens (tertiary/aromatic N) is 3. The van der Waals surface area contributed by atoms with Crippen molar-refractivity contribution in [2.24, 2.45) is 5.92 Å². The number of hydrogen-bond donors (Lipinski definition) is 1. The Labute approximate surface area is 217 Å². The van der Waals surface area contributed by atoms with E-state index >= 15 is 0 Å². The summed E-state index contributed by atoms with van der Waals surface area (Å²) in [4.78, 5) is 32.2. The lowest BCUT2D eigenvalue weighted by molar-refractivity contribution is -0.110. The highest BCUT2D eigenvalue weighted by atomic mass is 35.5. The van der Waals surface area contributed by atoms with E-state index in [2.05, 4.69) is 14.7 Å². The first-order valence-electron chi connectivity index (χ1n) is 11.1. The number of fused-ring (bicyclic) bond motifs is 1. The van der Waals surface area contributed by atoms with Crippen molar-refractivity contribution in [3.63, 3.8) is 0 Å². The maximum atomic E-state index is 13.4. The summed E-state index contributed by atoms with van der Waals surface area (Å²) in [6.07, 6.45) is 4.26. The van der Waals surface area contributed by atoms with Crippen LogP contribution in [0.25, 0.3) is 22.0 Å². The predicted molar refractivity (Wildman–Crippen MR) is 138 cm³/mol. The Morgan fingerprint density at radius 3 is 2.65 bits per heavy atom. The number of anilines is 1. The molecular formula is C25H22ClFN4O5S. The number of carbonyl (C=O) groups is 1. The first-order chi connectivity index (χ1) is 17.6. The van der Waals surface area contributed by atoms with E-state index in [0.29, 0.717) is 35.0 Å². The Morgan fingerprint density at radius 2 is 1.95 bits per heavy atom. The van der Waals surface area contributed by atoms with Crippen molar-refractivity contribution in [3.05, 3.63) is 76.2 Å². The van der Waals surface area contributed by atoms with E-state index in [-0.39, 0.29) is 33.0 Å². The zero-order valence-corrected chi connectivity index (χ0v) is 21.4. The number of carbonyl (C=O) groups excluding carboxylic acids is 1. The number of aromatic nitrogens is 3. The number of benzene rings is 2. The normalized spacial score (nSPS) is 12.3. The summed E-state index contributed by atoms with van der Waals surface area (Å²) in [5, 5.41) is 0.0752. The van der Waals surface area contributed by atoms with E-state index < -0.39 is 15.8 Å². The van der Waals surface area contributed by atoms with Crippen LogP contribution in [0.2, 0.25) is 5.02 Å². The van der Waals surface area contributed by atoms with Crippen molar-refractivity contribution < 1.29 is 22.3 Å². The molecule has 0 aliphatic heterocycles. The van der Waals surface area contributed by atoms with Crippen LogP contribution < -0.4 is 15.0 Å². The molecule has 1 unspecified atom stereocenters. The van der Waals surface area contributed by atoms with Gasteiger partial charge in [0.2, 0.25) is 5.88 Å². The molecule has 2 aromatic heterocycles. The van der Waals surface area contributed by atoms with E-state index in [4.69, 9.17) is 16.3 Å². The second kappa shape index (κ2) is 10.7. The smallest absolute Gasteiger partial charge is 0.263 e. The number of methoxy groups -OCH3 is 1. The Balaban J connectivity index is 1.72. The van der Waals surface area contributed by atoms with E-state index in [1.165, 1.54) is 30.3 Å². The van der Waals surface area contributed by atoms with Crippen LogP contribution >= 0.6 is 11.6 Å². The van der Waals surface area contributed by atoms with Crippen molar-refractivity contribution in [1.29, 1.82) is 0 Å². The van der Waals surface area contributed by atoms with Gasteiger partial charge in [-0.1, -0.05) is 24.6 Å². The van der Waals surface area contributed by atoms with Gasteiger partial charge in [-0.3, -0.25) is 14.1 Å². The highest BCUT2D eigenvalue weighted by molar-refractivity contribution is 7.92. The third-order valence-electron chi connectivity index (χ3n) is 5.69. The lowest BCUT2D eigenvalue weighted by Crippen LogP contribution is -2.21. The van der Waals surface area contributed by atoms with Gasteiger partial charge in [0.15, 0.2) is 0 Å². The molecular weight excluding hydrogens is 523 g/mol. The number of aldehydes is 1. The number of halogens is 2. The number of sulfonamides is 1. The summed E-state index contributed by atoms with van der Waals surface area (Å²) in [7, 11) is -2.88. The lowest BCUT2D eigenvalue weighted by Gasteiger charge is -2.14. The summed E-state index contributed by atoms with van der Waals surface area (Å²) in [5.74, 6) is -0.862. The van der Waals surface area contributed by atoms with Crippen LogP contribution in [0.1, 0.15) is 13.3 Å². The minimum atomic E-state index is -4.21. The zero-order chi connectivity index (χ0) is 26.7. The Kier molecular flexibility index (Phi) is 7.55. The second-order valence-corrected chi connectivity index (χ2v) is 10.4. The minimum absolute atomic E-state index is 0.000307. The topological polar surface area (TPSA) is 120 Å². The van der Waals surface area contributed by atoms with Gasteiger partial charge in [0.05, 0.1) is 29.4 Å². The monoisotopic (exact) mass is 544 g/mol. The molecule has 37 heavy (non-hydrogen) atoms. The summed E-state index contributed by atoms with van der Waals surface area (Å²) >= 11 is 5.95. The molecule has 0 spiro atoms. The number of pyridine rings is 1. The molecule has 1 atom stereocenters. The van der Waals surface area contributed by atoms with Gasteiger partial charge in [-0.25, -0.2) is 22.8 Å². The van der Waals surface area contributed by atoms with E-state index in [9.17, 15) is 22.4 Å². The molecule has 0 aliphatic carbocycles. The maximum absolute atomic E-state index is 13.4. The SMILES string of the molecule is COc1ncc(-c2ccc3ncn(CCC(C)C=O)c(=O)c3c2)cc1NS(=O)(=O)c1ccc(F)cc1Cl. The highest BCUT2D eigenvalue weighted by Crippen LogP contribution is 2.32. The van der Waals surface area contributed by atoms with Crippen molar-refractivity contribution in [1.82, 2.24) is 14.5 Å². The van der Waals surface area contributed by atoms with Crippen LogP contribution in [0, 0.1) is 11.7 Å².